The zero-order chi connectivity index (χ0) is 9.84. The summed E-state index contributed by atoms with van der Waals surface area (Å²) in [6.45, 7) is 0. The molecule has 1 aromatic carbocycles. The predicted octanol–water partition coefficient (Wildman–Crippen LogP) is 2.33. The van der Waals surface area contributed by atoms with E-state index in [1.807, 2.05) is 6.26 Å². The Morgan fingerprint density at radius 1 is 1.46 bits per heavy atom. The van der Waals surface area contributed by atoms with E-state index in [-0.39, 0.29) is 6.04 Å². The Morgan fingerprint density at radius 2 is 2.15 bits per heavy atom. The smallest absolute Gasteiger partial charge is 0.130 e. The van der Waals surface area contributed by atoms with Crippen molar-refractivity contribution >= 4 is 11.8 Å². The number of thioether (sulfide) groups is 1. The summed E-state index contributed by atoms with van der Waals surface area (Å²) in [5.41, 5.74) is 6.04. The van der Waals surface area contributed by atoms with Gasteiger partial charge in [0.05, 0.1) is 0 Å². The van der Waals surface area contributed by atoms with Crippen LogP contribution >= 0.6 is 11.8 Å². The second-order valence-corrected chi connectivity index (χ2v) is 3.64. The van der Waals surface area contributed by atoms with Crippen molar-refractivity contribution in [2.75, 3.05) is 12.0 Å². The van der Waals surface area contributed by atoms with Crippen LogP contribution in [-0.2, 0) is 0 Å². The van der Waals surface area contributed by atoms with Gasteiger partial charge in [-0.15, -0.1) is 0 Å². The third kappa shape index (κ3) is 2.67. The summed E-state index contributed by atoms with van der Waals surface area (Å²) < 4.78 is 25.6. The Bertz CT molecular complexity index is 291. The van der Waals surface area contributed by atoms with E-state index in [9.17, 15) is 8.78 Å². The van der Waals surface area contributed by atoms with Crippen LogP contribution < -0.4 is 5.73 Å². The van der Waals surface area contributed by atoms with Gasteiger partial charge in [-0.2, -0.15) is 11.8 Å². The van der Waals surface area contributed by atoms with Crippen molar-refractivity contribution in [3.63, 3.8) is 0 Å². The SMILES string of the molecule is CSCC(N)c1ccc(F)cc1F. The van der Waals surface area contributed by atoms with Crippen LogP contribution in [0.5, 0.6) is 0 Å². The molecule has 1 atom stereocenters. The minimum Gasteiger partial charge on any atom is -0.323 e. The third-order valence-corrected chi connectivity index (χ3v) is 2.40. The molecule has 1 unspecified atom stereocenters. The van der Waals surface area contributed by atoms with Gasteiger partial charge in [-0.05, 0) is 12.3 Å². The topological polar surface area (TPSA) is 26.0 Å². The van der Waals surface area contributed by atoms with E-state index >= 15 is 0 Å². The van der Waals surface area contributed by atoms with Gasteiger partial charge in [0.1, 0.15) is 11.6 Å². The number of hydrogen-bond donors (Lipinski definition) is 1. The van der Waals surface area contributed by atoms with E-state index in [2.05, 4.69) is 0 Å². The highest BCUT2D eigenvalue weighted by atomic mass is 32.2. The number of halogens is 2. The summed E-state index contributed by atoms with van der Waals surface area (Å²) in [6.07, 6.45) is 1.89. The maximum Gasteiger partial charge on any atom is 0.130 e. The monoisotopic (exact) mass is 203 g/mol. The van der Waals surface area contributed by atoms with Crippen LogP contribution in [0.4, 0.5) is 8.78 Å². The van der Waals surface area contributed by atoms with Gasteiger partial charge in [0.2, 0.25) is 0 Å². The van der Waals surface area contributed by atoms with Crippen molar-refractivity contribution < 1.29 is 8.78 Å². The average Bonchev–Trinajstić information content (AvgIpc) is 2.04. The molecule has 0 heterocycles. The highest BCUT2D eigenvalue weighted by Crippen LogP contribution is 2.18. The first-order valence-corrected chi connectivity index (χ1v) is 5.24. The molecule has 72 valence electrons. The summed E-state index contributed by atoms with van der Waals surface area (Å²) in [4.78, 5) is 0. The molecule has 0 aliphatic heterocycles. The van der Waals surface area contributed by atoms with E-state index in [1.54, 1.807) is 0 Å². The largest absolute Gasteiger partial charge is 0.323 e. The van der Waals surface area contributed by atoms with Gasteiger partial charge in [-0.25, -0.2) is 8.78 Å². The fourth-order valence-corrected chi connectivity index (χ4v) is 1.61. The summed E-state index contributed by atoms with van der Waals surface area (Å²) in [5.74, 6) is -0.512. The molecule has 0 aliphatic carbocycles. The molecule has 0 radical (unpaired) electrons. The molecule has 0 aromatic heterocycles. The van der Waals surface area contributed by atoms with Gasteiger partial charge in [-0.3, -0.25) is 0 Å². The highest BCUT2D eigenvalue weighted by molar-refractivity contribution is 7.98. The van der Waals surface area contributed by atoms with Crippen molar-refractivity contribution in [1.29, 1.82) is 0 Å². The zero-order valence-electron chi connectivity index (χ0n) is 7.26. The molecular weight excluding hydrogens is 192 g/mol. The van der Waals surface area contributed by atoms with Crippen LogP contribution in [0.25, 0.3) is 0 Å². The molecule has 0 amide bonds. The van der Waals surface area contributed by atoms with Gasteiger partial charge in [-0.1, -0.05) is 6.07 Å². The molecule has 0 bridgehead atoms. The molecule has 2 N–H and O–H groups in total. The lowest BCUT2D eigenvalue weighted by molar-refractivity contribution is 0.563. The summed E-state index contributed by atoms with van der Waals surface area (Å²) in [5, 5.41) is 0. The molecule has 1 nitrogen and oxygen atoms in total. The number of benzene rings is 1. The van der Waals surface area contributed by atoms with Crippen LogP contribution in [0.1, 0.15) is 11.6 Å². The minimum atomic E-state index is -0.572. The molecule has 0 aliphatic rings. The van der Waals surface area contributed by atoms with Crippen LogP contribution in [0, 0.1) is 11.6 Å². The first kappa shape index (κ1) is 10.5. The van der Waals surface area contributed by atoms with E-state index in [4.69, 9.17) is 5.73 Å². The number of hydrogen-bond acceptors (Lipinski definition) is 2. The fraction of sp³-hybridized carbons (Fsp3) is 0.333. The predicted molar refractivity (Wildman–Crippen MR) is 51.7 cm³/mol. The van der Waals surface area contributed by atoms with Gasteiger partial charge >= 0.3 is 0 Å². The summed E-state index contributed by atoms with van der Waals surface area (Å²) in [7, 11) is 0. The third-order valence-electron chi connectivity index (χ3n) is 1.71. The van der Waals surface area contributed by atoms with Crippen molar-refractivity contribution in [1.82, 2.24) is 0 Å². The highest BCUT2D eigenvalue weighted by Gasteiger charge is 2.10. The van der Waals surface area contributed by atoms with Gasteiger partial charge in [0.25, 0.3) is 0 Å². The van der Waals surface area contributed by atoms with Gasteiger partial charge in [0, 0.05) is 23.4 Å². The lowest BCUT2D eigenvalue weighted by Crippen LogP contribution is -2.14. The quantitative estimate of drug-likeness (QED) is 0.816. The van der Waals surface area contributed by atoms with Gasteiger partial charge in [0.15, 0.2) is 0 Å². The maximum absolute atomic E-state index is 13.1. The average molecular weight is 203 g/mol. The number of nitrogens with two attached hydrogens (primary N) is 1. The Kier molecular flexibility index (Phi) is 3.69. The molecule has 0 spiro atoms. The molecule has 4 heteroatoms. The summed E-state index contributed by atoms with van der Waals surface area (Å²) >= 11 is 1.53. The fourth-order valence-electron chi connectivity index (χ4n) is 1.07. The van der Waals surface area contributed by atoms with Crippen molar-refractivity contribution in [3.05, 3.63) is 35.4 Å². The Balaban J connectivity index is 2.88. The van der Waals surface area contributed by atoms with E-state index in [0.717, 1.165) is 6.07 Å². The van der Waals surface area contributed by atoms with Crippen LogP contribution in [0.2, 0.25) is 0 Å². The second kappa shape index (κ2) is 4.58. The van der Waals surface area contributed by atoms with Gasteiger partial charge < -0.3 is 5.73 Å². The first-order valence-electron chi connectivity index (χ1n) is 3.84. The lowest BCUT2D eigenvalue weighted by Gasteiger charge is -2.10. The van der Waals surface area contributed by atoms with E-state index in [0.29, 0.717) is 11.3 Å². The lowest BCUT2D eigenvalue weighted by atomic mass is 10.1. The molecule has 0 saturated carbocycles. The molecule has 13 heavy (non-hydrogen) atoms. The second-order valence-electron chi connectivity index (χ2n) is 2.73. The summed E-state index contributed by atoms with van der Waals surface area (Å²) in [6, 6.07) is 3.11. The Hall–Kier alpha value is -0.610. The molecule has 0 fully saturated rings. The van der Waals surface area contributed by atoms with E-state index in [1.165, 1.54) is 23.9 Å². The maximum atomic E-state index is 13.1. The van der Waals surface area contributed by atoms with Crippen molar-refractivity contribution in [3.8, 4) is 0 Å². The Morgan fingerprint density at radius 3 is 2.69 bits per heavy atom. The molecule has 1 rings (SSSR count). The van der Waals surface area contributed by atoms with Crippen LogP contribution in [0.15, 0.2) is 18.2 Å². The molecule has 1 aromatic rings. The standard InChI is InChI=1S/C9H11F2NS/c1-13-5-9(12)7-3-2-6(10)4-8(7)11/h2-4,9H,5,12H2,1H3. The molecular formula is C9H11F2NS. The van der Waals surface area contributed by atoms with E-state index < -0.39 is 11.6 Å². The van der Waals surface area contributed by atoms with Crippen molar-refractivity contribution in [2.45, 2.75) is 6.04 Å². The van der Waals surface area contributed by atoms with Crippen molar-refractivity contribution in [2.24, 2.45) is 5.73 Å². The Labute approximate surface area is 80.3 Å². The normalized spacial score (nSPS) is 12.9. The number of rotatable bonds is 3. The van der Waals surface area contributed by atoms with Crippen LogP contribution in [-0.4, -0.2) is 12.0 Å². The minimum absolute atomic E-state index is 0.365. The van der Waals surface area contributed by atoms with Crippen LogP contribution in [0.3, 0.4) is 0 Å². The molecule has 0 saturated heterocycles. The first-order chi connectivity index (χ1) is 6.15. The zero-order valence-corrected chi connectivity index (χ0v) is 8.07.